The van der Waals surface area contributed by atoms with Crippen LogP contribution in [0.3, 0.4) is 0 Å². The zero-order valence-corrected chi connectivity index (χ0v) is 28.5. The molecule has 2 aromatic heterocycles. The van der Waals surface area contributed by atoms with Crippen molar-refractivity contribution in [2.75, 3.05) is 13.1 Å². The molecule has 4 aromatic rings. The van der Waals surface area contributed by atoms with E-state index in [1.807, 2.05) is 62.1 Å². The molecule has 4 atom stereocenters. The number of likely N-dealkylation sites (tertiary alicyclic amines) is 2. The fourth-order valence-electron chi connectivity index (χ4n) is 6.55. The number of H-pyrrole nitrogens is 2. The second-order valence-electron chi connectivity index (χ2n) is 14.2. The molecular formula is C38H44F2N6O2. The highest BCUT2D eigenvalue weighted by Gasteiger charge is 2.49. The lowest BCUT2D eigenvalue weighted by atomic mass is 9.96. The van der Waals surface area contributed by atoms with Gasteiger partial charge < -0.3 is 19.8 Å². The lowest BCUT2D eigenvalue weighted by Crippen LogP contribution is -2.38. The number of carbonyl (C=O) groups is 2. The number of aromatic amines is 2. The lowest BCUT2D eigenvalue weighted by Gasteiger charge is -2.27. The van der Waals surface area contributed by atoms with Crippen LogP contribution in [0.15, 0.2) is 48.8 Å². The number of alkyl halides is 2. The van der Waals surface area contributed by atoms with Gasteiger partial charge in [0.05, 0.1) is 36.7 Å². The van der Waals surface area contributed by atoms with Crippen molar-refractivity contribution in [1.82, 2.24) is 29.7 Å². The summed E-state index contributed by atoms with van der Waals surface area (Å²) in [6.07, 6.45) is 4.77. The second-order valence-corrected chi connectivity index (χ2v) is 14.2. The Hall–Kier alpha value is -4.52. The molecule has 10 heteroatoms. The van der Waals surface area contributed by atoms with E-state index in [0.29, 0.717) is 17.2 Å². The molecule has 2 saturated heterocycles. The van der Waals surface area contributed by atoms with Crippen molar-refractivity contribution < 1.29 is 18.4 Å². The number of rotatable bonds is 7. The molecule has 4 heterocycles. The third kappa shape index (κ3) is 6.73. The van der Waals surface area contributed by atoms with Crippen LogP contribution in [0.25, 0.3) is 22.0 Å². The molecule has 2 aliphatic rings. The first kappa shape index (κ1) is 33.4. The van der Waals surface area contributed by atoms with E-state index >= 15 is 0 Å². The number of nitrogens with one attached hydrogen (secondary N) is 2. The van der Waals surface area contributed by atoms with Crippen molar-refractivity contribution in [1.29, 1.82) is 0 Å². The van der Waals surface area contributed by atoms with Crippen molar-refractivity contribution in [3.63, 3.8) is 0 Å². The van der Waals surface area contributed by atoms with Crippen LogP contribution in [0.1, 0.15) is 95.8 Å². The van der Waals surface area contributed by atoms with E-state index in [2.05, 4.69) is 45.6 Å². The average molecular weight is 655 g/mol. The summed E-state index contributed by atoms with van der Waals surface area (Å²) in [5.41, 5.74) is 3.11. The molecule has 8 nitrogen and oxygen atoms in total. The van der Waals surface area contributed by atoms with Crippen LogP contribution in [0, 0.1) is 35.5 Å². The van der Waals surface area contributed by atoms with Gasteiger partial charge in [-0.3, -0.25) is 9.59 Å². The molecule has 6 rings (SSSR count). The molecule has 2 N–H and O–H groups in total. The maximum atomic E-state index is 14.5. The summed E-state index contributed by atoms with van der Waals surface area (Å²) >= 11 is 0. The highest BCUT2D eigenvalue weighted by molar-refractivity contribution is 5.88. The molecule has 252 valence electrons. The number of aromatic nitrogens is 4. The molecule has 2 aliphatic heterocycles. The Labute approximate surface area is 280 Å². The van der Waals surface area contributed by atoms with Crippen molar-refractivity contribution in [3.8, 4) is 23.1 Å². The number of fused-ring (bicyclic) bond motifs is 1. The summed E-state index contributed by atoms with van der Waals surface area (Å²) in [5.74, 6) is 4.45. The Balaban J connectivity index is 1.16. The summed E-state index contributed by atoms with van der Waals surface area (Å²) in [5, 5.41) is 2.00. The van der Waals surface area contributed by atoms with Gasteiger partial charge in [-0.05, 0) is 59.6 Å². The number of benzene rings is 2. The third-order valence-electron chi connectivity index (χ3n) is 10.2. The second kappa shape index (κ2) is 13.2. The zero-order chi connectivity index (χ0) is 34.3. The summed E-state index contributed by atoms with van der Waals surface area (Å²) in [6.45, 7) is 11.9. The van der Waals surface area contributed by atoms with Gasteiger partial charge in [0.2, 0.25) is 11.8 Å². The molecule has 0 radical (unpaired) electrons. The van der Waals surface area contributed by atoms with Crippen molar-refractivity contribution in [3.05, 3.63) is 71.7 Å². The van der Waals surface area contributed by atoms with Crippen molar-refractivity contribution >= 4 is 22.6 Å². The standard InChI is InChI=1S/C38H44F2N6O2/c1-22(2)24(5)36(47)45-15-7-8-32(45)34-41-19-30(43-34)14-10-26-9-11-28-17-29(13-12-27(28)16-26)31-20-42-35(44-31)33-18-38(39,40)21-46(33)37(48)25(6)23(3)4/h9,11-13,16-17,19-20,22-25,32-33H,7-8,15,18,21H2,1-6H3,(H,41,43)(H,42,44). The first-order valence-corrected chi connectivity index (χ1v) is 17.0. The van der Waals surface area contributed by atoms with E-state index in [1.54, 1.807) is 19.3 Å². The number of halogens is 2. The number of hydrogen-bond donors (Lipinski definition) is 2. The Kier molecular flexibility index (Phi) is 9.16. The molecule has 48 heavy (non-hydrogen) atoms. The van der Waals surface area contributed by atoms with Crippen LogP contribution in [0.4, 0.5) is 8.78 Å². The molecule has 2 fully saturated rings. The van der Waals surface area contributed by atoms with Crippen LogP contribution >= 0.6 is 0 Å². The van der Waals surface area contributed by atoms with Gasteiger partial charge in [0.1, 0.15) is 17.3 Å². The van der Waals surface area contributed by atoms with Gasteiger partial charge in [0.25, 0.3) is 5.92 Å². The molecular weight excluding hydrogens is 610 g/mol. The third-order valence-corrected chi connectivity index (χ3v) is 10.2. The first-order valence-electron chi connectivity index (χ1n) is 17.0. The predicted octanol–water partition coefficient (Wildman–Crippen LogP) is 7.51. The topological polar surface area (TPSA) is 98.0 Å². The van der Waals surface area contributed by atoms with Gasteiger partial charge in [-0.2, -0.15) is 0 Å². The van der Waals surface area contributed by atoms with E-state index in [9.17, 15) is 18.4 Å². The van der Waals surface area contributed by atoms with Gasteiger partial charge in [-0.25, -0.2) is 18.7 Å². The summed E-state index contributed by atoms with van der Waals surface area (Å²) in [6, 6.07) is 11.1. The van der Waals surface area contributed by atoms with Crippen LogP contribution in [0.5, 0.6) is 0 Å². The maximum absolute atomic E-state index is 14.5. The monoisotopic (exact) mass is 654 g/mol. The van der Waals surface area contributed by atoms with Gasteiger partial charge in [-0.15, -0.1) is 0 Å². The molecule has 4 unspecified atom stereocenters. The summed E-state index contributed by atoms with van der Waals surface area (Å²) < 4.78 is 29.1. The molecule has 0 bridgehead atoms. The normalized spacial score (nSPS) is 20.4. The van der Waals surface area contributed by atoms with E-state index < -0.39 is 24.9 Å². The fourth-order valence-corrected chi connectivity index (χ4v) is 6.55. The predicted molar refractivity (Wildman–Crippen MR) is 182 cm³/mol. The molecule has 0 saturated carbocycles. The number of amides is 2. The average Bonchev–Trinajstić information content (AvgIpc) is 3.88. The minimum Gasteiger partial charge on any atom is -0.340 e. The minimum absolute atomic E-state index is 0.0325. The van der Waals surface area contributed by atoms with Crippen molar-refractivity contribution in [2.24, 2.45) is 23.7 Å². The molecule has 0 spiro atoms. The molecule has 0 aliphatic carbocycles. The first-order chi connectivity index (χ1) is 22.8. The van der Waals surface area contributed by atoms with Crippen LogP contribution < -0.4 is 0 Å². The Morgan fingerprint density at radius 2 is 1.48 bits per heavy atom. The highest BCUT2D eigenvalue weighted by atomic mass is 19.3. The van der Waals surface area contributed by atoms with E-state index in [0.717, 1.165) is 47.1 Å². The van der Waals surface area contributed by atoms with Gasteiger partial charge in [0, 0.05) is 35.9 Å². The van der Waals surface area contributed by atoms with Gasteiger partial charge >= 0.3 is 0 Å². The van der Waals surface area contributed by atoms with Gasteiger partial charge in [-0.1, -0.05) is 65.7 Å². The Morgan fingerprint density at radius 3 is 2.21 bits per heavy atom. The SMILES string of the molecule is CC(C)C(C)C(=O)N1CCCC1c1ncc(C#Cc2ccc3cc(-c4cnc(C5CC(F)(F)CN5C(=O)C(C)C(C)C)[nH]4)ccc3c2)[nH]1. The fraction of sp³-hybridized carbons (Fsp3) is 0.474. The van der Waals surface area contributed by atoms with Gasteiger partial charge in [0.15, 0.2) is 0 Å². The van der Waals surface area contributed by atoms with E-state index in [-0.39, 0.29) is 41.5 Å². The summed E-state index contributed by atoms with van der Waals surface area (Å²) in [4.78, 5) is 45.0. The summed E-state index contributed by atoms with van der Waals surface area (Å²) in [7, 11) is 0. The molecule has 2 amide bonds. The zero-order valence-electron chi connectivity index (χ0n) is 28.5. The Bertz CT molecular complexity index is 1880. The Morgan fingerprint density at radius 1 is 0.833 bits per heavy atom. The van der Waals surface area contributed by atoms with E-state index in [1.165, 1.54) is 4.90 Å². The van der Waals surface area contributed by atoms with Crippen LogP contribution in [-0.2, 0) is 9.59 Å². The van der Waals surface area contributed by atoms with Crippen LogP contribution in [0.2, 0.25) is 0 Å². The largest absolute Gasteiger partial charge is 0.340 e. The smallest absolute Gasteiger partial charge is 0.267 e. The van der Waals surface area contributed by atoms with E-state index in [4.69, 9.17) is 0 Å². The number of nitrogens with zero attached hydrogens (tertiary/aromatic N) is 4. The van der Waals surface area contributed by atoms with Crippen LogP contribution in [-0.4, -0.2) is 60.6 Å². The minimum atomic E-state index is -2.96. The number of carbonyl (C=O) groups excluding carboxylic acids is 2. The number of imidazole rings is 2. The quantitative estimate of drug-likeness (QED) is 0.202. The maximum Gasteiger partial charge on any atom is 0.267 e. The molecule has 2 aromatic carbocycles. The highest BCUT2D eigenvalue weighted by Crippen LogP contribution is 2.42. The lowest BCUT2D eigenvalue weighted by molar-refractivity contribution is -0.139. The van der Waals surface area contributed by atoms with Crippen molar-refractivity contribution in [2.45, 2.75) is 78.8 Å². The number of hydrogen-bond acceptors (Lipinski definition) is 4.